The van der Waals surface area contributed by atoms with Crippen LogP contribution in [0.2, 0.25) is 0 Å². The molecule has 0 radical (unpaired) electrons. The van der Waals surface area contributed by atoms with Crippen LogP contribution in [0.4, 0.5) is 17.1 Å². The number of amides is 3. The number of nitro groups is 1. The van der Waals surface area contributed by atoms with E-state index in [9.17, 15) is 24.5 Å². The molecule has 5 aromatic rings. The minimum Gasteiger partial charge on any atom is -0.457 e. The van der Waals surface area contributed by atoms with E-state index in [0.29, 0.717) is 34.0 Å². The maximum atomic E-state index is 13.4. The smallest absolute Gasteiger partial charge is 0.272 e. The van der Waals surface area contributed by atoms with Gasteiger partial charge in [0.05, 0.1) is 16.4 Å². The fourth-order valence-electron chi connectivity index (χ4n) is 4.30. The molecule has 0 bridgehead atoms. The van der Waals surface area contributed by atoms with Gasteiger partial charge in [0.15, 0.2) is 0 Å². The molecule has 230 valence electrons. The lowest BCUT2D eigenvalue weighted by molar-refractivity contribution is -0.384. The molecule has 0 saturated heterocycles. The van der Waals surface area contributed by atoms with Crippen molar-refractivity contribution in [3.05, 3.63) is 148 Å². The van der Waals surface area contributed by atoms with Crippen LogP contribution in [0.15, 0.2) is 130 Å². The van der Waals surface area contributed by atoms with Gasteiger partial charge in [0.25, 0.3) is 17.5 Å². The standard InChI is InChI=1S/C35H28N4O6S/c1-23-12-15-27(39(43)44)20-30(23)37-33(40)22-46-29-17-13-26(14-18-29)36-35(42)31(38-34(41)25-10-6-3-7-11-25)21-28-16-19-32(45-28)24-8-4-2-5-9-24/h2-21H,22H2,1H3,(H,36,42)(H,37,40)(H,38,41)/b31-21-. The second kappa shape index (κ2) is 14.7. The zero-order valence-electron chi connectivity index (χ0n) is 24.6. The molecule has 0 spiro atoms. The average Bonchev–Trinajstić information content (AvgIpc) is 3.54. The highest BCUT2D eigenvalue weighted by Gasteiger charge is 2.17. The number of hydrogen-bond donors (Lipinski definition) is 3. The van der Waals surface area contributed by atoms with E-state index in [2.05, 4.69) is 16.0 Å². The van der Waals surface area contributed by atoms with E-state index in [0.717, 1.165) is 10.5 Å². The van der Waals surface area contributed by atoms with Crippen molar-refractivity contribution >= 4 is 52.6 Å². The third-order valence-corrected chi connectivity index (χ3v) is 7.70. The minimum atomic E-state index is -0.561. The van der Waals surface area contributed by atoms with Gasteiger partial charge in [0.2, 0.25) is 5.91 Å². The Kier molecular flexibility index (Phi) is 10.1. The maximum Gasteiger partial charge on any atom is 0.272 e. The highest BCUT2D eigenvalue weighted by molar-refractivity contribution is 8.00. The summed E-state index contributed by atoms with van der Waals surface area (Å²) in [4.78, 5) is 50.2. The largest absolute Gasteiger partial charge is 0.457 e. The Morgan fingerprint density at radius 3 is 2.24 bits per heavy atom. The number of rotatable bonds is 11. The number of hydrogen-bond acceptors (Lipinski definition) is 7. The van der Waals surface area contributed by atoms with Gasteiger partial charge in [0.1, 0.15) is 17.2 Å². The van der Waals surface area contributed by atoms with E-state index >= 15 is 0 Å². The lowest BCUT2D eigenvalue weighted by Gasteiger charge is -2.11. The lowest BCUT2D eigenvalue weighted by Crippen LogP contribution is -2.30. The Balaban J connectivity index is 1.25. The van der Waals surface area contributed by atoms with Crippen LogP contribution in [-0.2, 0) is 9.59 Å². The summed E-state index contributed by atoms with van der Waals surface area (Å²) in [6, 6.07) is 32.7. The van der Waals surface area contributed by atoms with Crippen molar-refractivity contribution in [2.45, 2.75) is 11.8 Å². The maximum absolute atomic E-state index is 13.4. The first kappa shape index (κ1) is 31.5. The summed E-state index contributed by atoms with van der Waals surface area (Å²) in [5.74, 6) is -0.273. The third-order valence-electron chi connectivity index (χ3n) is 6.69. The normalized spacial score (nSPS) is 11.0. The van der Waals surface area contributed by atoms with E-state index in [4.69, 9.17) is 4.42 Å². The SMILES string of the molecule is Cc1ccc([N+](=O)[O-])cc1NC(=O)CSc1ccc(NC(=O)/C(=C/c2ccc(-c3ccccc3)o2)NC(=O)c2ccccc2)cc1. The zero-order valence-corrected chi connectivity index (χ0v) is 25.4. The second-order valence-electron chi connectivity index (χ2n) is 10.0. The van der Waals surface area contributed by atoms with Gasteiger partial charge in [0, 0.05) is 39.9 Å². The molecule has 46 heavy (non-hydrogen) atoms. The van der Waals surface area contributed by atoms with E-state index in [-0.39, 0.29) is 23.0 Å². The molecule has 0 aliphatic rings. The molecule has 1 heterocycles. The molecule has 0 fully saturated rings. The monoisotopic (exact) mass is 632 g/mol. The van der Waals surface area contributed by atoms with Gasteiger partial charge < -0.3 is 20.4 Å². The Bertz CT molecular complexity index is 1900. The summed E-state index contributed by atoms with van der Waals surface area (Å²) in [5.41, 5.74) is 2.69. The van der Waals surface area contributed by atoms with Crippen molar-refractivity contribution in [3.8, 4) is 11.3 Å². The number of non-ortho nitro benzene ring substituents is 1. The number of carbonyl (C=O) groups excluding carboxylic acids is 3. The fraction of sp³-hybridized carbons (Fsp3) is 0.0571. The molecule has 0 unspecified atom stereocenters. The molecule has 3 N–H and O–H groups in total. The quantitative estimate of drug-likeness (QED) is 0.0600. The predicted molar refractivity (Wildman–Crippen MR) is 178 cm³/mol. The Labute approximate surface area is 268 Å². The summed E-state index contributed by atoms with van der Waals surface area (Å²) in [6.45, 7) is 1.75. The lowest BCUT2D eigenvalue weighted by atomic mass is 10.2. The summed E-state index contributed by atoms with van der Waals surface area (Å²) < 4.78 is 5.94. The van der Waals surface area contributed by atoms with Crippen molar-refractivity contribution in [2.75, 3.05) is 16.4 Å². The molecule has 0 aliphatic heterocycles. The molecule has 0 saturated carbocycles. The second-order valence-corrected chi connectivity index (χ2v) is 11.1. The summed E-state index contributed by atoms with van der Waals surface area (Å²) in [5, 5.41) is 19.3. The van der Waals surface area contributed by atoms with Crippen molar-refractivity contribution in [3.63, 3.8) is 0 Å². The van der Waals surface area contributed by atoms with Crippen molar-refractivity contribution in [1.29, 1.82) is 0 Å². The van der Waals surface area contributed by atoms with Gasteiger partial charge in [-0.25, -0.2) is 0 Å². The number of carbonyl (C=O) groups is 3. The van der Waals surface area contributed by atoms with E-state index < -0.39 is 16.7 Å². The highest BCUT2D eigenvalue weighted by Crippen LogP contribution is 2.25. The van der Waals surface area contributed by atoms with Crippen LogP contribution in [0.3, 0.4) is 0 Å². The zero-order chi connectivity index (χ0) is 32.5. The van der Waals surface area contributed by atoms with Gasteiger partial charge in [-0.05, 0) is 61.0 Å². The number of aryl methyl sites for hydroxylation is 1. The van der Waals surface area contributed by atoms with Crippen LogP contribution in [0.25, 0.3) is 17.4 Å². The molecule has 3 amide bonds. The Morgan fingerprint density at radius 2 is 1.54 bits per heavy atom. The first-order valence-corrected chi connectivity index (χ1v) is 15.1. The number of nitro benzene ring substituents is 1. The molecular weight excluding hydrogens is 604 g/mol. The van der Waals surface area contributed by atoms with E-state index in [1.165, 1.54) is 30.0 Å². The number of nitrogens with one attached hydrogen (secondary N) is 3. The fourth-order valence-corrected chi connectivity index (χ4v) is 5.00. The first-order chi connectivity index (χ1) is 22.2. The van der Waals surface area contributed by atoms with E-state index in [1.54, 1.807) is 79.7 Å². The Hall–Kier alpha value is -5.94. The predicted octanol–water partition coefficient (Wildman–Crippen LogP) is 7.30. The van der Waals surface area contributed by atoms with Crippen LogP contribution in [-0.4, -0.2) is 28.4 Å². The van der Waals surface area contributed by atoms with Crippen LogP contribution >= 0.6 is 11.8 Å². The molecule has 0 atom stereocenters. The number of benzene rings is 4. The molecule has 4 aromatic carbocycles. The van der Waals surface area contributed by atoms with Crippen LogP contribution in [0.5, 0.6) is 0 Å². The third kappa shape index (κ3) is 8.36. The number of furan rings is 1. The molecule has 10 nitrogen and oxygen atoms in total. The number of thioether (sulfide) groups is 1. The summed E-state index contributed by atoms with van der Waals surface area (Å²) in [7, 11) is 0. The van der Waals surface area contributed by atoms with Gasteiger partial charge in [-0.3, -0.25) is 24.5 Å². The van der Waals surface area contributed by atoms with Crippen LogP contribution < -0.4 is 16.0 Å². The van der Waals surface area contributed by atoms with Crippen LogP contribution in [0.1, 0.15) is 21.7 Å². The number of anilines is 2. The molecule has 1 aromatic heterocycles. The molecule has 5 rings (SSSR count). The van der Waals surface area contributed by atoms with Crippen LogP contribution in [0, 0.1) is 17.0 Å². The van der Waals surface area contributed by atoms with Gasteiger partial charge in [-0.2, -0.15) is 0 Å². The van der Waals surface area contributed by atoms with Crippen molar-refractivity contribution in [1.82, 2.24) is 5.32 Å². The average molecular weight is 633 g/mol. The van der Waals surface area contributed by atoms with Crippen molar-refractivity contribution < 1.29 is 23.7 Å². The minimum absolute atomic E-state index is 0.0191. The molecule has 11 heteroatoms. The molecular formula is C35H28N4O6S. The summed E-state index contributed by atoms with van der Waals surface area (Å²) >= 11 is 1.27. The van der Waals surface area contributed by atoms with Crippen molar-refractivity contribution in [2.24, 2.45) is 0 Å². The van der Waals surface area contributed by atoms with Gasteiger partial charge >= 0.3 is 0 Å². The van der Waals surface area contributed by atoms with E-state index in [1.807, 2.05) is 30.3 Å². The highest BCUT2D eigenvalue weighted by atomic mass is 32.2. The first-order valence-electron chi connectivity index (χ1n) is 14.1. The molecule has 0 aliphatic carbocycles. The number of nitrogens with zero attached hydrogens (tertiary/aromatic N) is 1. The van der Waals surface area contributed by atoms with Gasteiger partial charge in [-0.15, -0.1) is 11.8 Å². The summed E-state index contributed by atoms with van der Waals surface area (Å²) in [6.07, 6.45) is 1.47. The van der Waals surface area contributed by atoms with Gasteiger partial charge in [-0.1, -0.05) is 54.6 Å². The Morgan fingerprint density at radius 1 is 0.848 bits per heavy atom. The topological polar surface area (TPSA) is 144 Å².